The normalized spacial score (nSPS) is 23.3. The molecule has 4 aliphatic heterocycles. The number of aliphatic hydroxyl groups excluding tert-OH is 5. The number of alkyl halides is 4. The lowest BCUT2D eigenvalue weighted by molar-refractivity contribution is -0.0434. The first-order chi connectivity index (χ1) is 67.5. The number of aryl methyl sites for hydroxylation is 1. The summed E-state index contributed by atoms with van der Waals surface area (Å²) in [7, 11) is -6.47. The smallest absolute Gasteiger partial charge is 0.260 e. The molecule has 35 nitrogen and oxygen atoms in total. The van der Waals surface area contributed by atoms with E-state index in [1.807, 2.05) is 38.3 Å². The number of nitrogens with zero attached hydrogens (tertiary/aromatic N) is 18. The van der Waals surface area contributed by atoms with Crippen molar-refractivity contribution in [3.8, 4) is 23.7 Å². The third-order valence-corrected chi connectivity index (χ3v) is 44.5. The lowest BCUT2D eigenvalue weighted by Gasteiger charge is -2.39. The number of anilines is 3. The van der Waals surface area contributed by atoms with E-state index in [4.69, 9.17) is 47.4 Å². The van der Waals surface area contributed by atoms with Crippen molar-refractivity contribution in [2.24, 2.45) is 0 Å². The first-order valence-electron chi connectivity index (χ1n) is 47.8. The molecule has 0 spiro atoms. The van der Waals surface area contributed by atoms with Crippen LogP contribution in [-0.4, -0.2) is 278 Å². The van der Waals surface area contributed by atoms with E-state index in [1.165, 1.54) is 92.9 Å². The van der Waals surface area contributed by atoms with Gasteiger partial charge in [0, 0.05) is 46.5 Å². The first kappa shape index (κ1) is 103. The lowest BCUT2D eigenvalue weighted by Crippen LogP contribution is -2.47. The summed E-state index contributed by atoms with van der Waals surface area (Å²) in [6.07, 6.45) is -7.58. The van der Waals surface area contributed by atoms with Gasteiger partial charge in [-0.3, -0.25) is 42.5 Å². The van der Waals surface area contributed by atoms with Crippen molar-refractivity contribution in [2.45, 2.75) is 281 Å². The Morgan fingerprint density at radius 2 is 0.799 bits per heavy atom. The molecule has 0 radical (unpaired) electrons. The highest BCUT2D eigenvalue weighted by Gasteiger charge is 2.54. The van der Waals surface area contributed by atoms with Gasteiger partial charge in [0.1, 0.15) is 74.1 Å². The van der Waals surface area contributed by atoms with Gasteiger partial charge < -0.3 is 67.5 Å². The third kappa shape index (κ3) is 24.1. The Balaban J connectivity index is 0.000000211. The molecule has 0 saturated carbocycles. The second-order valence-electron chi connectivity index (χ2n) is 39.8. The van der Waals surface area contributed by atoms with E-state index in [0.717, 1.165) is 0 Å². The van der Waals surface area contributed by atoms with Crippen LogP contribution in [0.5, 0.6) is 0 Å². The van der Waals surface area contributed by atoms with Crippen molar-refractivity contribution in [2.75, 3.05) is 62.2 Å². The molecule has 12 heterocycles. The Kier molecular flexibility index (Phi) is 33.4. The molecule has 8 aromatic heterocycles. The van der Waals surface area contributed by atoms with E-state index in [2.05, 4.69) is 208 Å². The average molecular weight is 2000 g/mol. The zero-order valence-electron chi connectivity index (χ0n) is 86.6. The molecule has 4 unspecified atom stereocenters. The van der Waals surface area contributed by atoms with E-state index in [-0.39, 0.29) is 136 Å². The standard InChI is InChI=1S/C44H59F2N9O6Si2.C27H34FN5O4Si.C23H30FN5O4Si.2CH4O/c1-27-36(61-63(10,11)44(5,6)7)32(46)42(59-27)55-26-52-34-38(49-24-50-39(34)55)53(40(57)28-18-14-12-15-19-28)21-17-13-16-20-29-33-37(48-23-47-29)54(25-51-33)41-31(45)35(56)30(60-41)22-58-62(8,9)43(2,3)4;1-18-22(37-38(5,6)27(2,3)4)20(28)26(36-18)33-17-31-21-23(29-16-30-24(21)33)32(14-10-11-15-34)25(35)19-12-8-7-9-13-19;1-23(2,3)34(4,5)32-11-15-18(30)16(24)22(33-15)29-13-27-17-19(25-12-26-20(17)29)28-21(31)14-9-7-6-8-10-14;2*1-2/h12,14-15,18-19,23-27,30-32,35-36,41-42,56H,16,20-22H2,1-11H3;7-9,12-13,16-18,20,22,26,34H,14-15H2,1-6H3;6-10,12-13,15-16,18,22,30H,11H2,1-5H3,(H,25,26,28,31);2*2H,1H3/t27-,30-,31-,32-,35-,36-,41?,42?;18-,20-,22-,26?;15-,16-,18-,22?;;/m111../s1/i2*1D;;2*2T. The number of fused-ring (bicyclic) bond motifs is 4. The highest BCUT2D eigenvalue weighted by atomic mass is 28.4. The second kappa shape index (κ2) is 45.2. The van der Waals surface area contributed by atoms with Crippen molar-refractivity contribution in [1.82, 2.24) is 78.1 Å². The zero-order chi connectivity index (χ0) is 105. The van der Waals surface area contributed by atoms with Crippen molar-refractivity contribution >= 4 is 113 Å². The summed E-state index contributed by atoms with van der Waals surface area (Å²) in [4.78, 5) is 95.4. The molecule has 4 fully saturated rings. The number of aliphatic hydroxyl groups is 5. The molecule has 6 N–H and O–H groups in total. The number of hydrogen-bond donors (Lipinski definition) is 6. The quantitative estimate of drug-likeness (QED) is 0.0186. The van der Waals surface area contributed by atoms with Gasteiger partial charge in [-0.15, -0.1) is 5.92 Å². The maximum absolute atomic E-state index is 16.4. The summed E-state index contributed by atoms with van der Waals surface area (Å²) in [5, 5.41) is 39.7. The molecule has 0 bridgehead atoms. The van der Waals surface area contributed by atoms with Gasteiger partial charge in [-0.25, -0.2) is 77.4 Å². The molecule has 3 amide bonds. The number of amides is 3. The van der Waals surface area contributed by atoms with E-state index < -0.39 is 132 Å². The van der Waals surface area contributed by atoms with Gasteiger partial charge in [0.2, 0.25) is 2.86 Å². The number of rotatable bonds is 24. The molecule has 11 aromatic rings. The van der Waals surface area contributed by atoms with Gasteiger partial charge >= 0.3 is 0 Å². The summed E-state index contributed by atoms with van der Waals surface area (Å²) in [5.41, 5.74) is 4.24. The molecule has 4 aliphatic rings. The largest absolute Gasteiger partial charge is 0.414 e. The topological polar surface area (TPSA) is 419 Å². The fourth-order valence-corrected chi connectivity index (χ4v) is 19.1. The molecule has 139 heavy (non-hydrogen) atoms. The SMILES string of the molecule is CC(C)(C)[Si](C)(C)OC[C@H]1OC(n2cnc3c(NC(=O)c4ccccc4)ncnc32)[C@H](F)[C@@H]1O.[2H]C[C@H]1OC(n2cnc3c(N(CC#CCCc4ncnc5c4ncn5C4O[C@H](CO[Si](C)(C)C(C)(C)C)[C@@H](O)[C@H]4F)C(=O)c4ccccc4)ncnc32)[C@H](F)[C@@H]1O[Si](C)(C)C(C)(C)C.[2H]C[C@H]1OC(n2cnc3c(N(CC#CCO)C(=O)c4ccccc4)ncnc32)[C@H](F)[C@@H]1O[Si](C)(C)C(C)(C)C.[3H]OC.[3H]OC. The van der Waals surface area contributed by atoms with Crippen LogP contribution < -0.4 is 15.1 Å². The third-order valence-electron chi connectivity index (χ3n) is 26.6. The van der Waals surface area contributed by atoms with Crippen molar-refractivity contribution in [3.63, 3.8) is 0 Å². The van der Waals surface area contributed by atoms with E-state index in [9.17, 15) is 24.6 Å². The summed E-state index contributed by atoms with van der Waals surface area (Å²) in [5.74, 6) is 11.0. The number of benzene rings is 3. The predicted octanol–water partition coefficient (Wildman–Crippen LogP) is 14.5. The Labute approximate surface area is 817 Å². The van der Waals surface area contributed by atoms with Crippen molar-refractivity contribution < 1.29 is 96.9 Å². The van der Waals surface area contributed by atoms with Crippen molar-refractivity contribution in [3.05, 3.63) is 164 Å². The van der Waals surface area contributed by atoms with E-state index in [1.54, 1.807) is 78.9 Å². The minimum absolute atomic E-state index is 0.0247. The predicted molar refractivity (Wildman–Crippen MR) is 528 cm³/mol. The summed E-state index contributed by atoms with van der Waals surface area (Å²) in [6, 6.07) is 26.0. The second-order valence-corrected chi connectivity index (χ2v) is 58.9. The number of carbonyl (C=O) groups is 3. The molecule has 750 valence electrons. The number of imidazole rings is 4. The van der Waals surface area contributed by atoms with Crippen LogP contribution in [0.15, 0.2) is 142 Å². The Morgan fingerprint density at radius 3 is 1.18 bits per heavy atom. The van der Waals surface area contributed by atoms with Crippen LogP contribution in [0.2, 0.25) is 72.5 Å². The Hall–Kier alpha value is -10.5. The van der Waals surface area contributed by atoms with Gasteiger partial charge in [0.05, 0.1) is 69.5 Å². The van der Waals surface area contributed by atoms with Gasteiger partial charge in [-0.2, -0.15) is 0 Å². The monoisotopic (exact) mass is 2000 g/mol. The molecular formula is C96H131F4N19O16Si4. The van der Waals surface area contributed by atoms with Crippen molar-refractivity contribution in [1.29, 1.82) is 2.86 Å². The first-order valence-corrected chi connectivity index (χ1v) is 57.2. The van der Waals surface area contributed by atoms with Crippen LogP contribution in [0.4, 0.5) is 35.0 Å². The summed E-state index contributed by atoms with van der Waals surface area (Å²) >= 11 is 0. The number of carbonyl (C=O) groups excluding carboxylic acids is 3. The average Bonchev–Trinajstić information content (AvgIpc) is 1.65. The van der Waals surface area contributed by atoms with Crippen LogP contribution in [0.25, 0.3) is 44.7 Å². The maximum Gasteiger partial charge on any atom is 0.260 e. The highest BCUT2D eigenvalue weighted by molar-refractivity contribution is 6.75. The fourth-order valence-electron chi connectivity index (χ4n) is 14.5. The van der Waals surface area contributed by atoms with Crippen LogP contribution in [0.3, 0.4) is 0 Å². The minimum atomic E-state index is -2.43. The van der Waals surface area contributed by atoms with Crippen LogP contribution >= 0.6 is 0 Å². The number of ether oxygens (including phenoxy) is 4. The molecule has 16 atom stereocenters. The van der Waals surface area contributed by atoms with Crippen LogP contribution in [0, 0.1) is 23.7 Å². The van der Waals surface area contributed by atoms with Gasteiger partial charge in [-0.1, -0.05) is 155 Å². The molecule has 3 aromatic carbocycles. The lowest BCUT2D eigenvalue weighted by atomic mass is 10.1. The minimum Gasteiger partial charge on any atom is -0.414 e. The Bertz CT molecular complexity index is 6230. The van der Waals surface area contributed by atoms with E-state index in [0.29, 0.717) is 46.4 Å². The van der Waals surface area contributed by atoms with E-state index >= 15 is 17.6 Å². The number of nitrogens with one attached hydrogen (secondary N) is 1. The maximum atomic E-state index is 16.4. The summed E-state index contributed by atoms with van der Waals surface area (Å²) in [6.45, 7) is 40.9. The van der Waals surface area contributed by atoms with Crippen LogP contribution in [0.1, 0.15) is 168 Å². The fraction of sp³-hybridized carbons (Fsp3) is 0.531. The number of hydrogen-bond acceptors (Lipinski definition) is 28. The molecule has 43 heteroatoms. The number of halogens is 4. The van der Waals surface area contributed by atoms with Crippen LogP contribution in [-0.2, 0) is 43.1 Å². The summed E-state index contributed by atoms with van der Waals surface area (Å²) < 4.78 is 146. The molecule has 4 saturated heterocycles. The van der Waals surface area contributed by atoms with Gasteiger partial charge in [0.25, 0.3) is 17.7 Å². The highest BCUT2D eigenvalue weighted by Crippen LogP contribution is 2.48. The molecule has 0 aliphatic carbocycles. The number of aromatic nitrogens is 16. The Morgan fingerprint density at radius 1 is 0.460 bits per heavy atom. The van der Waals surface area contributed by atoms with Gasteiger partial charge in [0.15, 0.2) is 139 Å². The molecule has 15 rings (SSSR count). The molecular weight excluding hydrogens is 1860 g/mol. The zero-order valence-corrected chi connectivity index (χ0v) is 86.6. The van der Waals surface area contributed by atoms with Gasteiger partial charge in [-0.05, 0) is 123 Å².